The molecule has 0 radical (unpaired) electrons. The summed E-state index contributed by atoms with van der Waals surface area (Å²) >= 11 is 15.5. The Morgan fingerprint density at radius 3 is 2.71 bits per heavy atom. The molecule has 2 aromatic rings. The molecule has 1 aromatic carbocycles. The fourth-order valence-electron chi connectivity index (χ4n) is 1.99. The van der Waals surface area contributed by atoms with Crippen LogP contribution in [0.5, 0.6) is 5.75 Å². The summed E-state index contributed by atoms with van der Waals surface area (Å²) in [4.78, 5) is 4.26. The van der Waals surface area contributed by atoms with Gasteiger partial charge in [-0.05, 0) is 46.1 Å². The Labute approximate surface area is 141 Å². The van der Waals surface area contributed by atoms with Crippen LogP contribution in [0.4, 0.5) is 0 Å². The van der Waals surface area contributed by atoms with Gasteiger partial charge in [0.05, 0.1) is 33.4 Å². The molecule has 1 unspecified atom stereocenters. The first-order valence-corrected chi connectivity index (χ1v) is 7.69. The number of hydrogen-bond donors (Lipinski definition) is 2. The zero-order chi connectivity index (χ0) is 15.4. The lowest BCUT2D eigenvalue weighted by Crippen LogP contribution is -2.30. The number of hydrogen-bond acceptors (Lipinski definition) is 4. The van der Waals surface area contributed by atoms with Crippen molar-refractivity contribution in [1.29, 1.82) is 0 Å². The molecule has 1 atom stereocenters. The van der Waals surface area contributed by atoms with Gasteiger partial charge in [0.15, 0.2) is 0 Å². The summed E-state index contributed by atoms with van der Waals surface area (Å²) in [7, 11) is 1.63. The first-order valence-electron chi connectivity index (χ1n) is 6.14. The second kappa shape index (κ2) is 7.42. The average Bonchev–Trinajstić information content (AvgIpc) is 2.45. The van der Waals surface area contributed by atoms with E-state index in [1.54, 1.807) is 19.4 Å². The topological polar surface area (TPSA) is 60.2 Å². The molecule has 7 heteroatoms. The number of hydrazine groups is 1. The molecule has 1 aromatic heterocycles. The molecule has 0 aliphatic heterocycles. The van der Waals surface area contributed by atoms with Gasteiger partial charge in [0.2, 0.25) is 0 Å². The Morgan fingerprint density at radius 2 is 2.14 bits per heavy atom. The third-order valence-corrected chi connectivity index (χ3v) is 4.15. The number of aromatic nitrogens is 1. The Hall–Kier alpha value is -0.850. The Kier molecular flexibility index (Phi) is 5.84. The number of nitrogens with one attached hydrogen (secondary N) is 1. The molecular weight excluding hydrogens is 377 g/mol. The number of pyridine rings is 1. The number of rotatable bonds is 5. The highest BCUT2D eigenvalue weighted by molar-refractivity contribution is 9.10. The Balaban J connectivity index is 2.24. The van der Waals surface area contributed by atoms with Crippen molar-refractivity contribution in [2.75, 3.05) is 7.11 Å². The summed E-state index contributed by atoms with van der Waals surface area (Å²) in [5.74, 6) is 6.41. The summed E-state index contributed by atoms with van der Waals surface area (Å²) in [5.41, 5.74) is 4.47. The number of nitrogens with two attached hydrogens (primary N) is 1. The second-order valence-corrected chi connectivity index (χ2v) is 6.11. The van der Waals surface area contributed by atoms with Gasteiger partial charge in [-0.3, -0.25) is 16.3 Å². The lowest BCUT2D eigenvalue weighted by atomic mass is 10.0. The fourth-order valence-corrected chi connectivity index (χ4v) is 3.09. The van der Waals surface area contributed by atoms with E-state index in [4.69, 9.17) is 33.8 Å². The molecule has 4 nitrogen and oxygen atoms in total. The van der Waals surface area contributed by atoms with E-state index < -0.39 is 0 Å². The molecule has 21 heavy (non-hydrogen) atoms. The van der Waals surface area contributed by atoms with Crippen molar-refractivity contribution in [1.82, 2.24) is 10.4 Å². The second-order valence-electron chi connectivity index (χ2n) is 4.41. The van der Waals surface area contributed by atoms with Crippen molar-refractivity contribution >= 4 is 39.1 Å². The van der Waals surface area contributed by atoms with Crippen LogP contribution in [0.1, 0.15) is 17.3 Å². The van der Waals surface area contributed by atoms with E-state index >= 15 is 0 Å². The van der Waals surface area contributed by atoms with Crippen LogP contribution in [-0.2, 0) is 6.42 Å². The van der Waals surface area contributed by atoms with E-state index in [1.165, 1.54) is 0 Å². The van der Waals surface area contributed by atoms with Crippen LogP contribution < -0.4 is 16.0 Å². The first-order chi connectivity index (χ1) is 10.0. The summed E-state index contributed by atoms with van der Waals surface area (Å²) in [6, 6.07) is 7.28. The highest BCUT2D eigenvalue weighted by Gasteiger charge is 2.16. The van der Waals surface area contributed by atoms with E-state index in [9.17, 15) is 0 Å². The molecule has 0 bridgehead atoms. The molecule has 0 aliphatic carbocycles. The molecule has 2 rings (SSSR count). The van der Waals surface area contributed by atoms with E-state index in [0.717, 1.165) is 15.8 Å². The number of methoxy groups -OCH3 is 1. The van der Waals surface area contributed by atoms with Crippen LogP contribution in [0.2, 0.25) is 10.0 Å². The molecule has 0 amide bonds. The van der Waals surface area contributed by atoms with Gasteiger partial charge in [-0.1, -0.05) is 29.3 Å². The average molecular weight is 391 g/mol. The third-order valence-electron chi connectivity index (χ3n) is 3.02. The molecular formula is C14H14BrCl2N3O. The SMILES string of the molecule is COc1ccc(CC(NN)c2ncc(Cl)cc2Cl)cc1Br. The maximum atomic E-state index is 6.18. The van der Waals surface area contributed by atoms with Crippen LogP contribution >= 0.6 is 39.1 Å². The standard InChI is InChI=1S/C14H14BrCl2N3O/c1-21-13-3-2-8(4-10(13)15)5-12(20-18)14-11(17)6-9(16)7-19-14/h2-4,6-7,12,20H,5,18H2,1H3. The van der Waals surface area contributed by atoms with Crippen LogP contribution in [0, 0.1) is 0 Å². The van der Waals surface area contributed by atoms with E-state index in [2.05, 4.69) is 26.3 Å². The summed E-state index contributed by atoms with van der Waals surface area (Å²) in [6.07, 6.45) is 2.19. The molecule has 0 aliphatic rings. The zero-order valence-electron chi connectivity index (χ0n) is 11.2. The quantitative estimate of drug-likeness (QED) is 0.600. The lowest BCUT2D eigenvalue weighted by Gasteiger charge is -2.17. The summed E-state index contributed by atoms with van der Waals surface area (Å²) in [5, 5.41) is 0.977. The van der Waals surface area contributed by atoms with Gasteiger partial charge in [0.1, 0.15) is 5.75 Å². The Morgan fingerprint density at radius 1 is 1.38 bits per heavy atom. The highest BCUT2D eigenvalue weighted by atomic mass is 79.9. The molecule has 3 N–H and O–H groups in total. The molecule has 0 spiro atoms. The van der Waals surface area contributed by atoms with Crippen molar-refractivity contribution in [3.05, 3.63) is 56.2 Å². The third kappa shape index (κ3) is 4.08. The molecule has 1 heterocycles. The van der Waals surface area contributed by atoms with Crippen molar-refractivity contribution in [3.63, 3.8) is 0 Å². The largest absolute Gasteiger partial charge is 0.496 e. The minimum Gasteiger partial charge on any atom is -0.496 e. The summed E-state index contributed by atoms with van der Waals surface area (Å²) in [6.45, 7) is 0. The maximum absolute atomic E-state index is 6.18. The minimum atomic E-state index is -0.213. The molecule has 0 fully saturated rings. The summed E-state index contributed by atoms with van der Waals surface area (Å²) < 4.78 is 6.10. The molecule has 112 valence electrons. The van der Waals surface area contributed by atoms with E-state index in [-0.39, 0.29) is 6.04 Å². The van der Waals surface area contributed by atoms with Crippen LogP contribution in [0.3, 0.4) is 0 Å². The number of ether oxygens (including phenoxy) is 1. The zero-order valence-corrected chi connectivity index (χ0v) is 14.3. The fraction of sp³-hybridized carbons (Fsp3) is 0.214. The van der Waals surface area contributed by atoms with Gasteiger partial charge in [-0.25, -0.2) is 0 Å². The Bertz CT molecular complexity index is 640. The van der Waals surface area contributed by atoms with Gasteiger partial charge in [-0.2, -0.15) is 0 Å². The number of nitrogens with zero attached hydrogens (tertiary/aromatic N) is 1. The number of halogens is 3. The molecule has 0 saturated carbocycles. The predicted octanol–water partition coefficient (Wildman–Crippen LogP) is 3.91. The van der Waals surface area contributed by atoms with E-state index in [0.29, 0.717) is 22.2 Å². The van der Waals surface area contributed by atoms with Gasteiger partial charge >= 0.3 is 0 Å². The lowest BCUT2D eigenvalue weighted by molar-refractivity contribution is 0.412. The van der Waals surface area contributed by atoms with Gasteiger partial charge in [0, 0.05) is 6.20 Å². The van der Waals surface area contributed by atoms with Gasteiger partial charge < -0.3 is 4.74 Å². The number of benzene rings is 1. The van der Waals surface area contributed by atoms with Crippen molar-refractivity contribution in [3.8, 4) is 5.75 Å². The predicted molar refractivity (Wildman–Crippen MR) is 88.7 cm³/mol. The monoisotopic (exact) mass is 389 g/mol. The highest BCUT2D eigenvalue weighted by Crippen LogP contribution is 2.29. The normalized spacial score (nSPS) is 12.2. The first kappa shape index (κ1) is 16.5. The minimum absolute atomic E-state index is 0.213. The molecule has 0 saturated heterocycles. The van der Waals surface area contributed by atoms with Crippen molar-refractivity contribution in [2.45, 2.75) is 12.5 Å². The van der Waals surface area contributed by atoms with Gasteiger partial charge in [0.25, 0.3) is 0 Å². The maximum Gasteiger partial charge on any atom is 0.133 e. The smallest absolute Gasteiger partial charge is 0.133 e. The van der Waals surface area contributed by atoms with Crippen LogP contribution in [0.25, 0.3) is 0 Å². The van der Waals surface area contributed by atoms with Gasteiger partial charge in [-0.15, -0.1) is 0 Å². The van der Waals surface area contributed by atoms with Crippen LogP contribution in [-0.4, -0.2) is 12.1 Å². The van der Waals surface area contributed by atoms with E-state index in [1.807, 2.05) is 18.2 Å². The van der Waals surface area contributed by atoms with Crippen LogP contribution in [0.15, 0.2) is 34.9 Å². The van der Waals surface area contributed by atoms with Crippen molar-refractivity contribution < 1.29 is 4.74 Å². The van der Waals surface area contributed by atoms with Crippen molar-refractivity contribution in [2.24, 2.45) is 5.84 Å².